The van der Waals surface area contributed by atoms with Crippen LogP contribution in [0.4, 0.5) is 0 Å². The van der Waals surface area contributed by atoms with Gasteiger partial charge >= 0.3 is 20.1 Å². The van der Waals surface area contributed by atoms with Crippen molar-refractivity contribution in [3.8, 4) is 56.0 Å². The minimum absolute atomic E-state index is 0. The predicted octanol–water partition coefficient (Wildman–Crippen LogP) is 13.5. The molecule has 0 radical (unpaired) electrons. The molecule has 7 heteroatoms. The molecule has 0 fully saturated rings. The van der Waals surface area contributed by atoms with Crippen LogP contribution in [0.2, 0.25) is 0 Å². The first-order chi connectivity index (χ1) is 27.0. The van der Waals surface area contributed by atoms with Gasteiger partial charge in [-0.25, -0.2) is 0 Å². The first-order valence-corrected chi connectivity index (χ1v) is 20.4. The molecule has 3 aromatic heterocycles. The Hall–Kier alpha value is -4.36. The fourth-order valence-electron chi connectivity index (χ4n) is 6.79. The van der Waals surface area contributed by atoms with Gasteiger partial charge in [-0.3, -0.25) is 0 Å². The zero-order valence-electron chi connectivity index (χ0n) is 30.1. The Morgan fingerprint density at radius 1 is 0.411 bits per heavy atom. The number of aryl methyl sites for hydroxylation is 4. The van der Waals surface area contributed by atoms with Crippen LogP contribution in [-0.4, -0.2) is 15.0 Å². The molecule has 3 heterocycles. The van der Waals surface area contributed by atoms with Gasteiger partial charge in [-0.15, -0.1) is 82.4 Å². The van der Waals surface area contributed by atoms with E-state index < -0.39 is 0 Å². The molecule has 56 heavy (non-hydrogen) atoms. The van der Waals surface area contributed by atoms with Crippen molar-refractivity contribution < 1.29 is 20.1 Å². The average Bonchev–Trinajstić information content (AvgIpc) is 3.23. The van der Waals surface area contributed by atoms with Crippen molar-refractivity contribution in [2.24, 2.45) is 0 Å². The standard InChI is InChI=1S/C49H33Br3N3.Ir/c50-44-30-37(47-11-3-6-24-53-47)20-18-35(44)16-14-33-27-34(15-17-36-19-21-38(31-45(36)51)48-12-4-7-25-54-48)29-40(28-33)41-9-1-2-10-42(41)43-23-22-39(32-46(43)52)49-13-5-8-26-55-49;/h1-13,18-19,23-32H,14-17H2;/q-3;+3. The number of hydrogen-bond acceptors (Lipinski definition) is 3. The maximum absolute atomic E-state index is 4.54. The summed E-state index contributed by atoms with van der Waals surface area (Å²) in [5, 5.41) is 0. The number of pyridine rings is 3. The van der Waals surface area contributed by atoms with E-state index in [0.717, 1.165) is 84.0 Å². The first kappa shape index (κ1) is 39.9. The zero-order valence-corrected chi connectivity index (χ0v) is 37.2. The summed E-state index contributed by atoms with van der Waals surface area (Å²) in [6.45, 7) is 0. The molecule has 0 aliphatic heterocycles. The van der Waals surface area contributed by atoms with E-state index in [4.69, 9.17) is 0 Å². The molecule has 0 spiro atoms. The molecule has 0 unspecified atom stereocenters. The second-order valence-corrected chi connectivity index (χ2v) is 15.8. The van der Waals surface area contributed by atoms with Crippen molar-refractivity contribution in [3.05, 3.63) is 206 Å². The van der Waals surface area contributed by atoms with E-state index in [-0.39, 0.29) is 20.1 Å². The summed E-state index contributed by atoms with van der Waals surface area (Å²) < 4.78 is 3.14. The van der Waals surface area contributed by atoms with E-state index in [1.54, 1.807) is 0 Å². The summed E-state index contributed by atoms with van der Waals surface area (Å²) in [6.07, 6.45) is 8.94. The molecule has 0 bridgehead atoms. The fraction of sp³-hybridized carbons (Fsp3) is 0.0816. The van der Waals surface area contributed by atoms with Gasteiger partial charge in [-0.2, -0.15) is 0 Å². The zero-order chi connectivity index (χ0) is 37.6. The molecular weight excluding hydrogens is 1060 g/mol. The first-order valence-electron chi connectivity index (χ1n) is 18.1. The van der Waals surface area contributed by atoms with E-state index in [1.807, 2.05) is 73.2 Å². The second-order valence-electron chi connectivity index (χ2n) is 13.3. The molecule has 3 nitrogen and oxygen atoms in total. The van der Waals surface area contributed by atoms with Crippen LogP contribution in [0.1, 0.15) is 22.3 Å². The Balaban J connectivity index is 0.00000480. The van der Waals surface area contributed by atoms with Gasteiger partial charge in [0.1, 0.15) is 0 Å². The Bertz CT molecular complexity index is 2470. The van der Waals surface area contributed by atoms with Gasteiger partial charge in [-0.1, -0.05) is 164 Å². The predicted molar refractivity (Wildman–Crippen MR) is 234 cm³/mol. The third-order valence-corrected chi connectivity index (χ3v) is 11.8. The van der Waals surface area contributed by atoms with Crippen molar-refractivity contribution in [1.29, 1.82) is 0 Å². The smallest absolute Gasteiger partial charge is 0.305 e. The quantitative estimate of drug-likeness (QED) is 0.121. The Morgan fingerprint density at radius 2 is 0.839 bits per heavy atom. The van der Waals surface area contributed by atoms with Gasteiger partial charge < -0.3 is 15.0 Å². The van der Waals surface area contributed by atoms with E-state index in [2.05, 4.69) is 160 Å². The minimum atomic E-state index is 0. The largest absolute Gasteiger partial charge is 3.00 e. The van der Waals surface area contributed by atoms with Crippen LogP contribution in [0.25, 0.3) is 56.0 Å². The summed E-state index contributed by atoms with van der Waals surface area (Å²) in [6, 6.07) is 56.6. The molecule has 0 aliphatic rings. The Morgan fingerprint density at radius 3 is 1.27 bits per heavy atom. The van der Waals surface area contributed by atoms with Gasteiger partial charge in [0.25, 0.3) is 0 Å². The average molecular weight is 1100 g/mol. The van der Waals surface area contributed by atoms with Gasteiger partial charge in [0, 0.05) is 18.6 Å². The normalized spacial score (nSPS) is 10.9. The van der Waals surface area contributed by atoms with Crippen LogP contribution in [0.5, 0.6) is 0 Å². The number of benzene rings is 5. The van der Waals surface area contributed by atoms with Crippen LogP contribution in [0.15, 0.2) is 165 Å². The van der Waals surface area contributed by atoms with Crippen LogP contribution in [0.3, 0.4) is 0 Å². The van der Waals surface area contributed by atoms with Crippen molar-refractivity contribution in [2.75, 3.05) is 0 Å². The number of rotatable bonds is 11. The third-order valence-electron chi connectivity index (χ3n) is 9.63. The molecule has 0 N–H and O–H groups in total. The second kappa shape index (κ2) is 18.7. The molecule has 8 rings (SSSR count). The number of aromatic nitrogens is 3. The fourth-order valence-corrected chi connectivity index (χ4v) is 8.43. The summed E-state index contributed by atoms with van der Waals surface area (Å²) in [5.74, 6) is 0. The van der Waals surface area contributed by atoms with Crippen molar-refractivity contribution in [2.45, 2.75) is 25.7 Å². The van der Waals surface area contributed by atoms with E-state index in [0.29, 0.717) is 0 Å². The molecular formula is C49H33Br3IrN3. The summed E-state index contributed by atoms with van der Waals surface area (Å²) in [5.41, 5.74) is 15.2. The van der Waals surface area contributed by atoms with Gasteiger partial charge in [0.05, 0.1) is 0 Å². The van der Waals surface area contributed by atoms with Gasteiger partial charge in [0.15, 0.2) is 0 Å². The molecule has 0 amide bonds. The van der Waals surface area contributed by atoms with Crippen LogP contribution in [0, 0.1) is 18.2 Å². The molecule has 0 atom stereocenters. The Kier molecular flexibility index (Phi) is 13.3. The van der Waals surface area contributed by atoms with Crippen LogP contribution in [-0.2, 0) is 45.8 Å². The SMILES string of the molecule is Brc1cc(-c2ccccn2)[c-]cc1CCc1cc(CCc2c[c-]c(-c3ccccn3)cc2Br)cc(-c2ccccc2-c2c[c-]c(-c3ccccn3)cc2Br)c1.[Ir+3]. The van der Waals surface area contributed by atoms with Gasteiger partial charge in [-0.05, 0) is 70.4 Å². The van der Waals surface area contributed by atoms with Gasteiger partial charge in [0.2, 0.25) is 0 Å². The topological polar surface area (TPSA) is 38.7 Å². The number of hydrogen-bond donors (Lipinski definition) is 0. The van der Waals surface area contributed by atoms with Crippen molar-refractivity contribution in [3.63, 3.8) is 0 Å². The molecule has 0 saturated heterocycles. The summed E-state index contributed by atoms with van der Waals surface area (Å²) >= 11 is 11.6. The maximum atomic E-state index is 4.54. The van der Waals surface area contributed by atoms with E-state index >= 15 is 0 Å². The van der Waals surface area contributed by atoms with Crippen molar-refractivity contribution in [1.82, 2.24) is 15.0 Å². The summed E-state index contributed by atoms with van der Waals surface area (Å²) in [4.78, 5) is 13.6. The molecule has 274 valence electrons. The van der Waals surface area contributed by atoms with E-state index in [1.165, 1.54) is 33.4 Å². The number of halogens is 3. The maximum Gasteiger partial charge on any atom is 3.00 e. The molecule has 0 aliphatic carbocycles. The third kappa shape index (κ3) is 9.42. The van der Waals surface area contributed by atoms with Crippen LogP contribution >= 0.6 is 47.8 Å². The number of nitrogens with zero attached hydrogens (tertiary/aromatic N) is 3. The van der Waals surface area contributed by atoms with Crippen LogP contribution < -0.4 is 0 Å². The molecule has 5 aromatic carbocycles. The summed E-state index contributed by atoms with van der Waals surface area (Å²) in [7, 11) is 0. The Labute approximate surface area is 367 Å². The van der Waals surface area contributed by atoms with E-state index in [9.17, 15) is 0 Å². The molecule has 8 aromatic rings. The molecule has 0 saturated carbocycles. The minimum Gasteiger partial charge on any atom is -0.305 e. The van der Waals surface area contributed by atoms with Crippen molar-refractivity contribution >= 4 is 47.8 Å². The monoisotopic (exact) mass is 1090 g/mol.